The molecule has 0 saturated carbocycles. The van der Waals surface area contributed by atoms with Crippen molar-refractivity contribution in [1.82, 2.24) is 20.2 Å². The van der Waals surface area contributed by atoms with E-state index in [4.69, 9.17) is 4.74 Å². The number of hydrogen-bond donors (Lipinski definition) is 1. The maximum absolute atomic E-state index is 12.2. The topological polar surface area (TPSA) is 142 Å². The van der Waals surface area contributed by atoms with Crippen LogP contribution in [0, 0.1) is 10.1 Å². The summed E-state index contributed by atoms with van der Waals surface area (Å²) in [4.78, 5) is 34.8. The van der Waals surface area contributed by atoms with Crippen LogP contribution in [0.3, 0.4) is 0 Å². The average molecular weight is 344 g/mol. The molecule has 128 valence electrons. The van der Waals surface area contributed by atoms with Gasteiger partial charge in [-0.3, -0.25) is 14.9 Å². The monoisotopic (exact) mass is 344 g/mol. The first kappa shape index (κ1) is 16.2. The summed E-state index contributed by atoms with van der Waals surface area (Å²) in [7, 11) is 1.18. The number of nitrogens with zero attached hydrogens (tertiary/aromatic N) is 5. The molecule has 2 heterocycles. The molecule has 11 heteroatoms. The predicted molar refractivity (Wildman–Crippen MR) is 82.4 cm³/mol. The number of ether oxygens (including phenoxy) is 1. The van der Waals surface area contributed by atoms with E-state index >= 15 is 0 Å². The Morgan fingerprint density at radius 2 is 2.16 bits per heavy atom. The SMILES string of the molecule is COC(=O)C1=C(C(C)=O)[C@@H](c2cccc([N+](=O)[O-])c2)n2nnnc2N1. The van der Waals surface area contributed by atoms with Crippen molar-refractivity contribution < 1.29 is 19.2 Å². The van der Waals surface area contributed by atoms with Crippen LogP contribution in [0.4, 0.5) is 11.6 Å². The lowest BCUT2D eigenvalue weighted by Gasteiger charge is -2.27. The van der Waals surface area contributed by atoms with E-state index in [0.717, 1.165) is 0 Å². The van der Waals surface area contributed by atoms with Crippen LogP contribution >= 0.6 is 0 Å². The van der Waals surface area contributed by atoms with Gasteiger partial charge in [0, 0.05) is 12.1 Å². The molecule has 0 radical (unpaired) electrons. The number of rotatable bonds is 4. The van der Waals surface area contributed by atoms with Crippen LogP contribution < -0.4 is 5.32 Å². The highest BCUT2D eigenvalue weighted by Crippen LogP contribution is 2.36. The lowest BCUT2D eigenvalue weighted by Crippen LogP contribution is -2.32. The number of nitrogens with one attached hydrogen (secondary N) is 1. The minimum atomic E-state index is -0.905. The number of hydrogen-bond acceptors (Lipinski definition) is 9. The number of ketones is 1. The second-order valence-electron chi connectivity index (χ2n) is 5.16. The van der Waals surface area contributed by atoms with Crippen molar-refractivity contribution >= 4 is 23.4 Å². The van der Waals surface area contributed by atoms with Gasteiger partial charge in [0.05, 0.1) is 17.6 Å². The number of esters is 1. The quantitative estimate of drug-likeness (QED) is 0.479. The van der Waals surface area contributed by atoms with E-state index in [9.17, 15) is 19.7 Å². The van der Waals surface area contributed by atoms with Gasteiger partial charge in [-0.25, -0.2) is 4.79 Å². The van der Waals surface area contributed by atoms with Gasteiger partial charge in [-0.2, -0.15) is 4.68 Å². The maximum atomic E-state index is 12.2. The summed E-state index contributed by atoms with van der Waals surface area (Å²) in [5.41, 5.74) is 0.171. The minimum absolute atomic E-state index is 0.0483. The minimum Gasteiger partial charge on any atom is -0.464 e. The van der Waals surface area contributed by atoms with Crippen molar-refractivity contribution in [3.05, 3.63) is 51.2 Å². The third kappa shape index (κ3) is 2.71. The lowest BCUT2D eigenvalue weighted by molar-refractivity contribution is -0.384. The summed E-state index contributed by atoms with van der Waals surface area (Å²) in [6, 6.07) is 4.79. The zero-order valence-electron chi connectivity index (χ0n) is 13.2. The van der Waals surface area contributed by atoms with Crippen LogP contribution in [-0.2, 0) is 14.3 Å². The van der Waals surface area contributed by atoms with Crippen molar-refractivity contribution in [2.24, 2.45) is 0 Å². The molecule has 25 heavy (non-hydrogen) atoms. The van der Waals surface area contributed by atoms with E-state index in [2.05, 4.69) is 20.8 Å². The first-order valence-electron chi connectivity index (χ1n) is 7.06. The van der Waals surface area contributed by atoms with Crippen LogP contribution in [0.1, 0.15) is 18.5 Å². The number of methoxy groups -OCH3 is 1. The molecular weight excluding hydrogens is 332 g/mol. The molecule has 1 aromatic carbocycles. The highest BCUT2D eigenvalue weighted by molar-refractivity contribution is 6.06. The van der Waals surface area contributed by atoms with E-state index in [1.807, 2.05) is 0 Å². The zero-order chi connectivity index (χ0) is 18.1. The molecule has 0 bridgehead atoms. The smallest absolute Gasteiger partial charge is 0.355 e. The first-order chi connectivity index (χ1) is 11.9. The van der Waals surface area contributed by atoms with Crippen LogP contribution in [0.5, 0.6) is 0 Å². The fourth-order valence-corrected chi connectivity index (χ4v) is 2.64. The van der Waals surface area contributed by atoms with Crippen molar-refractivity contribution in [1.29, 1.82) is 0 Å². The van der Waals surface area contributed by atoms with Gasteiger partial charge in [-0.15, -0.1) is 0 Å². The van der Waals surface area contributed by atoms with Crippen molar-refractivity contribution in [3.63, 3.8) is 0 Å². The van der Waals surface area contributed by atoms with Gasteiger partial charge in [-0.05, 0) is 22.9 Å². The number of non-ortho nitro benzene ring substituents is 1. The van der Waals surface area contributed by atoms with Crippen molar-refractivity contribution in [2.75, 3.05) is 12.4 Å². The number of nitro benzene ring substituents is 1. The van der Waals surface area contributed by atoms with Gasteiger partial charge in [-0.1, -0.05) is 17.2 Å². The summed E-state index contributed by atoms with van der Waals surface area (Å²) in [6.07, 6.45) is 0. The van der Waals surface area contributed by atoms with E-state index < -0.39 is 22.7 Å². The summed E-state index contributed by atoms with van der Waals surface area (Å²) >= 11 is 0. The largest absolute Gasteiger partial charge is 0.464 e. The first-order valence-corrected chi connectivity index (χ1v) is 7.06. The van der Waals surface area contributed by atoms with E-state index in [1.54, 1.807) is 6.07 Å². The van der Waals surface area contributed by atoms with Crippen LogP contribution in [0.25, 0.3) is 0 Å². The Kier molecular flexibility index (Phi) is 3.97. The average Bonchev–Trinajstić information content (AvgIpc) is 3.07. The molecule has 2 aromatic rings. The van der Waals surface area contributed by atoms with Gasteiger partial charge in [0.1, 0.15) is 11.7 Å². The second-order valence-corrected chi connectivity index (χ2v) is 5.16. The number of tetrazole rings is 1. The molecule has 0 amide bonds. The molecule has 0 saturated heterocycles. The van der Waals surface area contributed by atoms with Crippen molar-refractivity contribution in [3.8, 4) is 0 Å². The number of benzene rings is 1. The van der Waals surface area contributed by atoms with Gasteiger partial charge in [0.25, 0.3) is 5.69 Å². The Morgan fingerprint density at radius 3 is 2.80 bits per heavy atom. The zero-order valence-corrected chi connectivity index (χ0v) is 13.2. The molecule has 1 atom stereocenters. The van der Waals surface area contributed by atoms with E-state index in [1.165, 1.54) is 36.9 Å². The molecule has 1 aromatic heterocycles. The maximum Gasteiger partial charge on any atom is 0.355 e. The van der Waals surface area contributed by atoms with E-state index in [-0.39, 0.29) is 22.9 Å². The Balaban J connectivity index is 2.25. The summed E-state index contributed by atoms with van der Waals surface area (Å²) in [5.74, 6) is -1.08. The standard InChI is InChI=1S/C14H12N6O5/c1-7(21)10-11(13(22)25-2)15-14-16-17-18-19(14)12(10)8-4-3-5-9(6-8)20(23)24/h3-6,12H,1-2H3,(H,15,16,18)/t12-/m1/s1. The third-order valence-corrected chi connectivity index (χ3v) is 3.68. The van der Waals surface area contributed by atoms with Gasteiger partial charge in [0.2, 0.25) is 5.95 Å². The van der Waals surface area contributed by atoms with Crippen LogP contribution in [0.2, 0.25) is 0 Å². The molecule has 1 N–H and O–H groups in total. The number of nitro groups is 1. The third-order valence-electron chi connectivity index (χ3n) is 3.68. The number of fused-ring (bicyclic) bond motifs is 1. The Bertz CT molecular complexity index is 918. The van der Waals surface area contributed by atoms with Gasteiger partial charge < -0.3 is 10.1 Å². The number of allylic oxidation sites excluding steroid dienone is 1. The summed E-state index contributed by atoms with van der Waals surface area (Å²) in [6.45, 7) is 1.28. The molecule has 3 rings (SSSR count). The predicted octanol–water partition coefficient (Wildman–Crippen LogP) is 0.612. The van der Waals surface area contributed by atoms with Crippen LogP contribution in [-0.4, -0.2) is 44.0 Å². The van der Waals surface area contributed by atoms with E-state index in [0.29, 0.717) is 5.56 Å². The molecule has 11 nitrogen and oxygen atoms in total. The number of anilines is 1. The van der Waals surface area contributed by atoms with Crippen molar-refractivity contribution in [2.45, 2.75) is 13.0 Å². The fourth-order valence-electron chi connectivity index (χ4n) is 2.64. The summed E-state index contributed by atoms with van der Waals surface area (Å²) in [5, 5.41) is 24.8. The fraction of sp³-hybridized carbons (Fsp3) is 0.214. The Labute approximate surface area is 140 Å². The number of aromatic nitrogens is 4. The Hall–Kier alpha value is -3.63. The van der Waals surface area contributed by atoms with Gasteiger partial charge in [0.15, 0.2) is 5.78 Å². The van der Waals surface area contributed by atoms with Gasteiger partial charge >= 0.3 is 5.97 Å². The molecule has 0 unspecified atom stereocenters. The molecule has 0 spiro atoms. The molecule has 0 fully saturated rings. The highest BCUT2D eigenvalue weighted by atomic mass is 16.6. The summed E-state index contributed by atoms with van der Waals surface area (Å²) < 4.78 is 5.99. The number of carbonyl (C=O) groups excluding carboxylic acids is 2. The Morgan fingerprint density at radius 1 is 1.40 bits per heavy atom. The number of carbonyl (C=O) groups is 2. The highest BCUT2D eigenvalue weighted by Gasteiger charge is 2.37. The molecule has 0 aliphatic carbocycles. The molecule has 1 aliphatic heterocycles. The van der Waals surface area contributed by atoms with Crippen LogP contribution in [0.15, 0.2) is 35.5 Å². The second kappa shape index (κ2) is 6.11. The molecule has 1 aliphatic rings. The normalized spacial score (nSPS) is 16.0. The number of Topliss-reactive ketones (excluding diaryl/α,β-unsaturated/α-hetero) is 1. The molecular formula is C14H12N6O5. The lowest BCUT2D eigenvalue weighted by atomic mass is 9.92.